The van der Waals surface area contributed by atoms with Crippen LogP contribution in [0.2, 0.25) is 0 Å². The first-order valence-corrected chi connectivity index (χ1v) is 8.70. The molecular weight excluding hydrogens is 332 g/mol. The summed E-state index contributed by atoms with van der Waals surface area (Å²) in [6.45, 7) is 7.36. The lowest BCUT2D eigenvalue weighted by molar-refractivity contribution is -0.117. The van der Waals surface area contributed by atoms with Crippen molar-refractivity contribution >= 4 is 17.7 Å². The van der Waals surface area contributed by atoms with Crippen LogP contribution in [0.4, 0.5) is 0 Å². The van der Waals surface area contributed by atoms with Crippen LogP contribution in [0.3, 0.4) is 0 Å². The average Bonchev–Trinajstić information content (AvgIpc) is 2.99. The number of ether oxygens (including phenoxy) is 1. The molecule has 1 aromatic carbocycles. The van der Waals surface area contributed by atoms with Gasteiger partial charge < -0.3 is 15.0 Å². The number of Topliss-reactive ketones (excluding diaryl/α,β-unsaturated/α-hetero) is 1. The van der Waals surface area contributed by atoms with E-state index in [1.165, 1.54) is 0 Å². The van der Waals surface area contributed by atoms with Gasteiger partial charge in [0.05, 0.1) is 12.2 Å². The van der Waals surface area contributed by atoms with Gasteiger partial charge in [0.1, 0.15) is 5.69 Å². The molecule has 1 heterocycles. The SMILES string of the molecule is CCOC(=O)c1c(C)[nH]c(C(=O)C(=O)N[C@@H](C)CC)c1-c1ccccc1. The Morgan fingerprint density at radius 3 is 2.38 bits per heavy atom. The molecule has 0 aliphatic carbocycles. The molecule has 0 aliphatic rings. The third-order valence-corrected chi connectivity index (χ3v) is 4.15. The Hall–Kier alpha value is -2.89. The first kappa shape index (κ1) is 19.4. The van der Waals surface area contributed by atoms with E-state index in [9.17, 15) is 14.4 Å². The highest BCUT2D eigenvalue weighted by Crippen LogP contribution is 2.31. The number of ketones is 1. The number of carbonyl (C=O) groups is 3. The molecule has 2 aromatic rings. The minimum absolute atomic E-state index is 0.0950. The van der Waals surface area contributed by atoms with E-state index in [0.29, 0.717) is 23.2 Å². The highest BCUT2D eigenvalue weighted by Gasteiger charge is 2.29. The Morgan fingerprint density at radius 1 is 1.15 bits per heavy atom. The molecule has 2 N–H and O–H groups in total. The fourth-order valence-corrected chi connectivity index (χ4v) is 2.65. The van der Waals surface area contributed by atoms with Gasteiger partial charge in [-0.15, -0.1) is 0 Å². The molecule has 0 saturated carbocycles. The number of carbonyl (C=O) groups excluding carboxylic acids is 3. The fourth-order valence-electron chi connectivity index (χ4n) is 2.65. The molecule has 0 spiro atoms. The highest BCUT2D eigenvalue weighted by molar-refractivity contribution is 6.44. The predicted octanol–water partition coefficient (Wildman–Crippen LogP) is 3.26. The molecule has 26 heavy (non-hydrogen) atoms. The number of H-pyrrole nitrogens is 1. The van der Waals surface area contributed by atoms with Crippen LogP contribution in [-0.2, 0) is 9.53 Å². The lowest BCUT2D eigenvalue weighted by atomic mass is 9.98. The van der Waals surface area contributed by atoms with Gasteiger partial charge in [0, 0.05) is 17.3 Å². The zero-order chi connectivity index (χ0) is 19.3. The molecule has 0 saturated heterocycles. The summed E-state index contributed by atoms with van der Waals surface area (Å²) in [6.07, 6.45) is 0.711. The standard InChI is InChI=1S/C20H24N2O4/c1-5-12(3)21-19(24)18(23)17-16(14-10-8-7-9-11-14)15(13(4)22-17)20(25)26-6-2/h7-12,22H,5-6H2,1-4H3,(H,21,24)/t12-/m0/s1. The van der Waals surface area contributed by atoms with Crippen molar-refractivity contribution in [2.75, 3.05) is 6.61 Å². The van der Waals surface area contributed by atoms with Crippen LogP contribution in [0.15, 0.2) is 30.3 Å². The molecule has 0 bridgehead atoms. The maximum absolute atomic E-state index is 12.7. The van der Waals surface area contributed by atoms with Gasteiger partial charge in [-0.2, -0.15) is 0 Å². The third-order valence-electron chi connectivity index (χ3n) is 4.15. The lowest BCUT2D eigenvalue weighted by Crippen LogP contribution is -2.37. The Morgan fingerprint density at radius 2 is 1.81 bits per heavy atom. The van der Waals surface area contributed by atoms with Crippen molar-refractivity contribution in [3.05, 3.63) is 47.3 Å². The van der Waals surface area contributed by atoms with Crippen LogP contribution in [0, 0.1) is 6.92 Å². The van der Waals surface area contributed by atoms with Gasteiger partial charge in [-0.1, -0.05) is 37.3 Å². The molecular formula is C20H24N2O4. The zero-order valence-electron chi connectivity index (χ0n) is 15.5. The van der Waals surface area contributed by atoms with E-state index in [2.05, 4.69) is 10.3 Å². The van der Waals surface area contributed by atoms with Gasteiger partial charge >= 0.3 is 5.97 Å². The number of hydrogen-bond acceptors (Lipinski definition) is 4. The zero-order valence-corrected chi connectivity index (χ0v) is 15.5. The lowest BCUT2D eigenvalue weighted by Gasteiger charge is -2.11. The summed E-state index contributed by atoms with van der Waals surface area (Å²) in [4.78, 5) is 40.4. The molecule has 6 nitrogen and oxygen atoms in total. The van der Waals surface area contributed by atoms with Crippen molar-refractivity contribution in [2.45, 2.75) is 40.2 Å². The summed E-state index contributed by atoms with van der Waals surface area (Å²) in [7, 11) is 0. The molecule has 138 valence electrons. The monoisotopic (exact) mass is 356 g/mol. The van der Waals surface area contributed by atoms with Gasteiger partial charge in [-0.25, -0.2) is 4.79 Å². The number of hydrogen-bond donors (Lipinski definition) is 2. The minimum Gasteiger partial charge on any atom is -0.462 e. The molecule has 1 atom stereocenters. The van der Waals surface area contributed by atoms with Gasteiger partial charge in [0.2, 0.25) is 0 Å². The van der Waals surface area contributed by atoms with E-state index >= 15 is 0 Å². The van der Waals surface area contributed by atoms with Crippen molar-refractivity contribution in [1.82, 2.24) is 10.3 Å². The second-order valence-corrected chi connectivity index (χ2v) is 6.07. The van der Waals surface area contributed by atoms with Crippen LogP contribution >= 0.6 is 0 Å². The van der Waals surface area contributed by atoms with E-state index in [1.807, 2.05) is 19.9 Å². The van der Waals surface area contributed by atoms with E-state index in [1.54, 1.807) is 38.1 Å². The molecule has 0 radical (unpaired) electrons. The van der Waals surface area contributed by atoms with Crippen LogP contribution in [0.25, 0.3) is 11.1 Å². The second-order valence-electron chi connectivity index (χ2n) is 6.07. The third kappa shape index (κ3) is 4.02. The molecule has 1 amide bonds. The smallest absolute Gasteiger partial charge is 0.340 e. The van der Waals surface area contributed by atoms with Crippen molar-refractivity contribution in [3.8, 4) is 11.1 Å². The molecule has 6 heteroatoms. The highest BCUT2D eigenvalue weighted by atomic mass is 16.5. The van der Waals surface area contributed by atoms with Crippen LogP contribution in [-0.4, -0.2) is 35.3 Å². The van der Waals surface area contributed by atoms with Gasteiger partial charge in [-0.3, -0.25) is 9.59 Å². The van der Waals surface area contributed by atoms with E-state index in [-0.39, 0.29) is 23.9 Å². The number of esters is 1. The van der Waals surface area contributed by atoms with E-state index < -0.39 is 17.7 Å². The maximum Gasteiger partial charge on any atom is 0.340 e. The normalized spacial score (nSPS) is 11.7. The number of aromatic nitrogens is 1. The summed E-state index contributed by atoms with van der Waals surface area (Å²) in [6, 6.07) is 8.90. The largest absolute Gasteiger partial charge is 0.462 e. The summed E-state index contributed by atoms with van der Waals surface area (Å²) < 4.78 is 5.14. The van der Waals surface area contributed by atoms with E-state index in [4.69, 9.17) is 4.74 Å². The van der Waals surface area contributed by atoms with Crippen molar-refractivity contribution < 1.29 is 19.1 Å². The Balaban J connectivity index is 2.56. The fraction of sp³-hybridized carbons (Fsp3) is 0.350. The topological polar surface area (TPSA) is 88.3 Å². The summed E-state index contributed by atoms with van der Waals surface area (Å²) in [5.41, 5.74) is 1.92. The Bertz CT molecular complexity index is 809. The minimum atomic E-state index is -0.706. The van der Waals surface area contributed by atoms with Gasteiger partial charge in [0.15, 0.2) is 0 Å². The molecule has 0 fully saturated rings. The Kier molecular flexibility index (Phi) is 6.33. The molecule has 1 aromatic heterocycles. The van der Waals surface area contributed by atoms with Crippen LogP contribution < -0.4 is 5.32 Å². The molecule has 0 unspecified atom stereocenters. The number of benzene rings is 1. The summed E-state index contributed by atoms with van der Waals surface area (Å²) in [5.74, 6) is -1.93. The maximum atomic E-state index is 12.7. The molecule has 2 rings (SSSR count). The summed E-state index contributed by atoms with van der Waals surface area (Å²) >= 11 is 0. The van der Waals surface area contributed by atoms with Crippen molar-refractivity contribution in [3.63, 3.8) is 0 Å². The number of rotatable bonds is 7. The second kappa shape index (κ2) is 8.47. The first-order chi connectivity index (χ1) is 12.4. The van der Waals surface area contributed by atoms with Crippen LogP contribution in [0.1, 0.15) is 53.7 Å². The first-order valence-electron chi connectivity index (χ1n) is 8.70. The number of nitrogens with one attached hydrogen (secondary N) is 2. The van der Waals surface area contributed by atoms with Crippen LogP contribution in [0.5, 0.6) is 0 Å². The quantitative estimate of drug-likeness (QED) is 0.453. The Labute approximate surface area is 152 Å². The van der Waals surface area contributed by atoms with E-state index in [0.717, 1.165) is 0 Å². The predicted molar refractivity (Wildman–Crippen MR) is 99.1 cm³/mol. The number of aryl methyl sites for hydroxylation is 1. The summed E-state index contributed by atoms with van der Waals surface area (Å²) in [5, 5.41) is 2.66. The average molecular weight is 356 g/mol. The molecule has 0 aliphatic heterocycles. The van der Waals surface area contributed by atoms with Crippen molar-refractivity contribution in [1.29, 1.82) is 0 Å². The number of aromatic amines is 1. The van der Waals surface area contributed by atoms with Gasteiger partial charge in [-0.05, 0) is 32.8 Å². The van der Waals surface area contributed by atoms with Crippen molar-refractivity contribution in [2.24, 2.45) is 0 Å². The van der Waals surface area contributed by atoms with Gasteiger partial charge in [0.25, 0.3) is 11.7 Å². The number of amides is 1.